The van der Waals surface area contributed by atoms with Crippen molar-refractivity contribution in [2.24, 2.45) is 5.73 Å². The zero-order valence-corrected chi connectivity index (χ0v) is 13.4. The van der Waals surface area contributed by atoms with Gasteiger partial charge >= 0.3 is 0 Å². The number of halogens is 3. The van der Waals surface area contributed by atoms with Gasteiger partial charge in [-0.25, -0.2) is 4.39 Å². The lowest BCUT2D eigenvalue weighted by atomic mass is 10.00. The van der Waals surface area contributed by atoms with Gasteiger partial charge in [-0.05, 0) is 64.2 Å². The van der Waals surface area contributed by atoms with Gasteiger partial charge in [-0.2, -0.15) is 0 Å². The molecule has 0 aromatic heterocycles. The fourth-order valence-electron chi connectivity index (χ4n) is 1.96. The van der Waals surface area contributed by atoms with E-state index in [9.17, 15) is 4.39 Å². The highest BCUT2D eigenvalue weighted by atomic mass is 79.9. The van der Waals surface area contributed by atoms with Gasteiger partial charge in [-0.1, -0.05) is 34.1 Å². The molecule has 19 heavy (non-hydrogen) atoms. The Hall–Kier alpha value is -0.710. The van der Waals surface area contributed by atoms with Crippen molar-refractivity contribution in [2.45, 2.75) is 18.9 Å². The van der Waals surface area contributed by atoms with Crippen LogP contribution < -0.4 is 5.73 Å². The number of hydrogen-bond acceptors (Lipinski definition) is 1. The standard InChI is InChI=1S/C15H14Br2FN/c16-12-4-1-10(2-5-12)7-13(19)8-11-3-6-15(18)14(17)9-11/h1-6,9,13H,7-8,19H2. The number of benzene rings is 2. The van der Waals surface area contributed by atoms with Crippen LogP contribution >= 0.6 is 31.9 Å². The van der Waals surface area contributed by atoms with Crippen LogP contribution in [0.15, 0.2) is 51.4 Å². The summed E-state index contributed by atoms with van der Waals surface area (Å²) < 4.78 is 14.7. The molecule has 4 heteroatoms. The Morgan fingerprint density at radius 3 is 2.16 bits per heavy atom. The maximum Gasteiger partial charge on any atom is 0.137 e. The summed E-state index contributed by atoms with van der Waals surface area (Å²) in [4.78, 5) is 0. The molecule has 2 aromatic rings. The molecule has 0 bridgehead atoms. The van der Waals surface area contributed by atoms with E-state index in [1.54, 1.807) is 12.1 Å². The van der Waals surface area contributed by atoms with Crippen LogP contribution in [0, 0.1) is 5.82 Å². The summed E-state index contributed by atoms with van der Waals surface area (Å²) in [6.45, 7) is 0. The van der Waals surface area contributed by atoms with Gasteiger partial charge < -0.3 is 5.73 Å². The lowest BCUT2D eigenvalue weighted by Crippen LogP contribution is -2.25. The highest BCUT2D eigenvalue weighted by Gasteiger charge is 2.07. The monoisotopic (exact) mass is 385 g/mol. The Bertz CT molecular complexity index is 555. The summed E-state index contributed by atoms with van der Waals surface area (Å²) in [6.07, 6.45) is 1.54. The summed E-state index contributed by atoms with van der Waals surface area (Å²) in [5.74, 6) is -0.245. The Labute approximate surface area is 129 Å². The van der Waals surface area contributed by atoms with Crippen molar-refractivity contribution in [3.63, 3.8) is 0 Å². The second-order valence-electron chi connectivity index (χ2n) is 4.54. The van der Waals surface area contributed by atoms with Crippen molar-refractivity contribution < 1.29 is 4.39 Å². The summed E-state index contributed by atoms with van der Waals surface area (Å²) >= 11 is 6.60. The summed E-state index contributed by atoms with van der Waals surface area (Å²) in [7, 11) is 0. The van der Waals surface area contributed by atoms with E-state index in [-0.39, 0.29) is 11.9 Å². The zero-order valence-electron chi connectivity index (χ0n) is 10.2. The average Bonchev–Trinajstić information content (AvgIpc) is 2.37. The molecular formula is C15H14Br2FN. The van der Waals surface area contributed by atoms with Crippen LogP contribution in [0.4, 0.5) is 4.39 Å². The Kier molecular flexibility index (Phi) is 5.13. The molecule has 1 atom stereocenters. The van der Waals surface area contributed by atoms with Crippen LogP contribution in [-0.4, -0.2) is 6.04 Å². The Balaban J connectivity index is 1.98. The van der Waals surface area contributed by atoms with E-state index in [1.807, 2.05) is 12.1 Å². The van der Waals surface area contributed by atoms with Gasteiger partial charge in [0.1, 0.15) is 5.82 Å². The first-order chi connectivity index (χ1) is 9.04. The molecule has 0 amide bonds. The molecule has 0 saturated heterocycles. The third kappa shape index (κ3) is 4.41. The highest BCUT2D eigenvalue weighted by Crippen LogP contribution is 2.18. The highest BCUT2D eigenvalue weighted by molar-refractivity contribution is 9.10. The van der Waals surface area contributed by atoms with Crippen molar-refractivity contribution >= 4 is 31.9 Å². The van der Waals surface area contributed by atoms with Crippen LogP contribution in [0.1, 0.15) is 11.1 Å². The fraction of sp³-hybridized carbons (Fsp3) is 0.200. The maximum absolute atomic E-state index is 13.1. The van der Waals surface area contributed by atoms with Crippen molar-refractivity contribution in [1.29, 1.82) is 0 Å². The number of nitrogens with two attached hydrogens (primary N) is 1. The third-order valence-corrected chi connectivity index (χ3v) is 4.03. The van der Waals surface area contributed by atoms with Gasteiger partial charge in [-0.15, -0.1) is 0 Å². The third-order valence-electron chi connectivity index (χ3n) is 2.89. The van der Waals surface area contributed by atoms with E-state index in [2.05, 4.69) is 44.0 Å². The number of hydrogen-bond donors (Lipinski definition) is 1. The quantitative estimate of drug-likeness (QED) is 0.824. The second-order valence-corrected chi connectivity index (χ2v) is 6.31. The minimum absolute atomic E-state index is 0.0264. The molecule has 100 valence electrons. The molecular weight excluding hydrogens is 373 g/mol. The molecule has 0 fully saturated rings. The van der Waals surface area contributed by atoms with Crippen molar-refractivity contribution in [2.75, 3.05) is 0 Å². The van der Waals surface area contributed by atoms with Gasteiger partial charge in [0.2, 0.25) is 0 Å². The second kappa shape index (κ2) is 6.64. The van der Waals surface area contributed by atoms with E-state index >= 15 is 0 Å². The van der Waals surface area contributed by atoms with Gasteiger partial charge in [0.15, 0.2) is 0 Å². The first kappa shape index (κ1) is 14.7. The smallest absolute Gasteiger partial charge is 0.137 e. The van der Waals surface area contributed by atoms with Gasteiger partial charge in [0, 0.05) is 10.5 Å². The molecule has 0 aliphatic carbocycles. The summed E-state index contributed by atoms with van der Waals surface area (Å²) in [5.41, 5.74) is 8.39. The molecule has 0 aliphatic heterocycles. The van der Waals surface area contributed by atoms with E-state index in [4.69, 9.17) is 5.73 Å². The van der Waals surface area contributed by atoms with Crippen molar-refractivity contribution in [3.05, 3.63) is 68.4 Å². The largest absolute Gasteiger partial charge is 0.327 e. The first-order valence-electron chi connectivity index (χ1n) is 5.98. The van der Waals surface area contributed by atoms with Gasteiger partial charge in [0.05, 0.1) is 4.47 Å². The molecule has 0 spiro atoms. The molecule has 2 N–H and O–H groups in total. The van der Waals surface area contributed by atoms with Crippen molar-refractivity contribution in [3.8, 4) is 0 Å². The van der Waals surface area contributed by atoms with E-state index in [0.29, 0.717) is 4.47 Å². The van der Waals surface area contributed by atoms with E-state index in [1.165, 1.54) is 11.6 Å². The topological polar surface area (TPSA) is 26.0 Å². The molecule has 0 heterocycles. The zero-order chi connectivity index (χ0) is 13.8. The van der Waals surface area contributed by atoms with Crippen LogP contribution in [-0.2, 0) is 12.8 Å². The Morgan fingerprint density at radius 1 is 0.947 bits per heavy atom. The first-order valence-corrected chi connectivity index (χ1v) is 7.57. The summed E-state index contributed by atoms with van der Waals surface area (Å²) in [5, 5.41) is 0. The molecule has 0 saturated carbocycles. The predicted octanol–water partition coefficient (Wildman–Crippen LogP) is 4.46. The maximum atomic E-state index is 13.1. The SMILES string of the molecule is NC(Cc1ccc(Br)cc1)Cc1ccc(F)c(Br)c1. The van der Waals surface area contributed by atoms with Gasteiger partial charge in [-0.3, -0.25) is 0 Å². The van der Waals surface area contributed by atoms with Crippen LogP contribution in [0.5, 0.6) is 0 Å². The Morgan fingerprint density at radius 2 is 1.53 bits per heavy atom. The van der Waals surface area contributed by atoms with Crippen LogP contribution in [0.25, 0.3) is 0 Å². The lowest BCUT2D eigenvalue weighted by molar-refractivity contribution is 0.617. The summed E-state index contributed by atoms with van der Waals surface area (Å²) in [6, 6.07) is 13.2. The minimum atomic E-state index is -0.245. The molecule has 0 aliphatic rings. The minimum Gasteiger partial charge on any atom is -0.327 e. The fourth-order valence-corrected chi connectivity index (χ4v) is 2.66. The van der Waals surface area contributed by atoms with Crippen LogP contribution in [0.3, 0.4) is 0 Å². The molecule has 2 rings (SSSR count). The predicted molar refractivity (Wildman–Crippen MR) is 83.6 cm³/mol. The molecule has 1 nitrogen and oxygen atoms in total. The normalized spacial score (nSPS) is 12.4. The van der Waals surface area contributed by atoms with Crippen molar-refractivity contribution in [1.82, 2.24) is 0 Å². The van der Waals surface area contributed by atoms with Crippen LogP contribution in [0.2, 0.25) is 0 Å². The number of rotatable bonds is 4. The van der Waals surface area contributed by atoms with E-state index < -0.39 is 0 Å². The van der Waals surface area contributed by atoms with E-state index in [0.717, 1.165) is 22.9 Å². The molecule has 1 unspecified atom stereocenters. The van der Waals surface area contributed by atoms with Gasteiger partial charge in [0.25, 0.3) is 0 Å². The average molecular weight is 387 g/mol. The lowest BCUT2D eigenvalue weighted by Gasteiger charge is -2.12. The molecule has 0 radical (unpaired) electrons. The molecule has 2 aromatic carbocycles.